The topological polar surface area (TPSA) is 117 Å². The summed E-state index contributed by atoms with van der Waals surface area (Å²) in [6.07, 6.45) is 2.19. The molecule has 21 heavy (non-hydrogen) atoms. The molecular formula is C13H14N4O4. The predicted octanol–water partition coefficient (Wildman–Crippen LogP) is 1.89. The molecule has 110 valence electrons. The predicted molar refractivity (Wildman–Crippen MR) is 71.6 cm³/mol. The highest BCUT2D eigenvalue weighted by Gasteiger charge is 2.28. The number of non-ortho nitro benzene ring substituents is 1. The van der Waals surface area contributed by atoms with E-state index in [1.165, 1.54) is 18.2 Å². The third kappa shape index (κ3) is 3.00. The van der Waals surface area contributed by atoms with Gasteiger partial charge in [-0.1, -0.05) is 5.16 Å². The molecule has 0 atom stereocenters. The SMILES string of the molecule is NCc1cc([N+](=O)[O-])ccc1OCc1nc(C2CC2)no1. The van der Waals surface area contributed by atoms with E-state index in [4.69, 9.17) is 15.0 Å². The molecule has 2 aromatic rings. The van der Waals surface area contributed by atoms with E-state index in [9.17, 15) is 10.1 Å². The van der Waals surface area contributed by atoms with Crippen molar-refractivity contribution >= 4 is 5.69 Å². The van der Waals surface area contributed by atoms with Crippen molar-refractivity contribution in [1.29, 1.82) is 0 Å². The Labute approximate surface area is 120 Å². The highest BCUT2D eigenvalue weighted by atomic mass is 16.6. The summed E-state index contributed by atoms with van der Waals surface area (Å²) in [7, 11) is 0. The van der Waals surface area contributed by atoms with Gasteiger partial charge in [0.25, 0.3) is 11.6 Å². The fraction of sp³-hybridized carbons (Fsp3) is 0.385. The number of aromatic nitrogens is 2. The first-order chi connectivity index (χ1) is 10.2. The molecule has 1 aromatic heterocycles. The van der Waals surface area contributed by atoms with Crippen LogP contribution in [0.5, 0.6) is 5.75 Å². The molecule has 0 amide bonds. The smallest absolute Gasteiger partial charge is 0.270 e. The van der Waals surface area contributed by atoms with Crippen molar-refractivity contribution in [3.63, 3.8) is 0 Å². The van der Waals surface area contributed by atoms with Crippen LogP contribution in [-0.2, 0) is 13.2 Å². The van der Waals surface area contributed by atoms with E-state index in [0.717, 1.165) is 18.7 Å². The second-order valence-electron chi connectivity index (χ2n) is 4.86. The molecule has 0 aliphatic heterocycles. The molecule has 1 aliphatic carbocycles. The number of hydrogen-bond acceptors (Lipinski definition) is 7. The number of nitrogens with two attached hydrogens (primary N) is 1. The summed E-state index contributed by atoms with van der Waals surface area (Å²) < 4.78 is 10.7. The number of nitro groups is 1. The van der Waals surface area contributed by atoms with Crippen LogP contribution in [0.4, 0.5) is 5.69 Å². The first kappa shape index (κ1) is 13.5. The van der Waals surface area contributed by atoms with Gasteiger partial charge in [-0.05, 0) is 18.9 Å². The van der Waals surface area contributed by atoms with Crippen molar-refractivity contribution in [3.05, 3.63) is 45.6 Å². The molecule has 8 heteroatoms. The second kappa shape index (κ2) is 5.49. The van der Waals surface area contributed by atoms with Gasteiger partial charge < -0.3 is 15.0 Å². The summed E-state index contributed by atoms with van der Waals surface area (Å²) in [4.78, 5) is 14.5. The molecule has 1 aromatic carbocycles. The Hall–Kier alpha value is -2.48. The van der Waals surface area contributed by atoms with Crippen LogP contribution in [0.1, 0.15) is 36.0 Å². The lowest BCUT2D eigenvalue weighted by Crippen LogP contribution is -2.04. The Morgan fingerprint density at radius 1 is 1.48 bits per heavy atom. The molecule has 1 saturated carbocycles. The Morgan fingerprint density at radius 3 is 2.95 bits per heavy atom. The van der Waals surface area contributed by atoms with Crippen molar-refractivity contribution in [1.82, 2.24) is 10.1 Å². The van der Waals surface area contributed by atoms with E-state index < -0.39 is 4.92 Å². The van der Waals surface area contributed by atoms with Gasteiger partial charge in [-0.2, -0.15) is 4.98 Å². The minimum atomic E-state index is -0.469. The van der Waals surface area contributed by atoms with Gasteiger partial charge in [0.1, 0.15) is 5.75 Å². The highest BCUT2D eigenvalue weighted by Crippen LogP contribution is 2.38. The van der Waals surface area contributed by atoms with Gasteiger partial charge in [-0.15, -0.1) is 0 Å². The number of nitro benzene ring substituents is 1. The largest absolute Gasteiger partial charge is 0.483 e. The van der Waals surface area contributed by atoms with E-state index in [1.54, 1.807) is 0 Å². The number of ether oxygens (including phenoxy) is 1. The van der Waals surface area contributed by atoms with Crippen molar-refractivity contribution in [3.8, 4) is 5.75 Å². The average molecular weight is 290 g/mol. The van der Waals surface area contributed by atoms with Crippen molar-refractivity contribution in [2.24, 2.45) is 5.73 Å². The molecule has 8 nitrogen and oxygen atoms in total. The Morgan fingerprint density at radius 2 is 2.29 bits per heavy atom. The van der Waals surface area contributed by atoms with E-state index in [1.807, 2.05) is 0 Å². The lowest BCUT2D eigenvalue weighted by atomic mass is 10.2. The standard InChI is InChI=1S/C13H14N4O4/c14-6-9-5-10(17(18)19)3-4-11(9)20-7-12-15-13(16-21-12)8-1-2-8/h3-5,8H,1-2,6-7,14H2. The van der Waals surface area contributed by atoms with Crippen LogP contribution in [0.2, 0.25) is 0 Å². The van der Waals surface area contributed by atoms with Crippen LogP contribution in [-0.4, -0.2) is 15.1 Å². The van der Waals surface area contributed by atoms with Crippen LogP contribution in [0.3, 0.4) is 0 Å². The summed E-state index contributed by atoms with van der Waals surface area (Å²) in [5, 5.41) is 14.6. The van der Waals surface area contributed by atoms with E-state index in [0.29, 0.717) is 23.1 Å². The molecule has 0 bridgehead atoms. The minimum absolute atomic E-state index is 0.0170. The maximum absolute atomic E-state index is 10.7. The summed E-state index contributed by atoms with van der Waals surface area (Å²) in [5.74, 6) is 2.00. The summed E-state index contributed by atoms with van der Waals surface area (Å²) >= 11 is 0. The number of hydrogen-bond donors (Lipinski definition) is 1. The van der Waals surface area contributed by atoms with Crippen LogP contribution >= 0.6 is 0 Å². The Balaban J connectivity index is 1.69. The number of rotatable bonds is 6. The van der Waals surface area contributed by atoms with Gasteiger partial charge in [0.15, 0.2) is 12.4 Å². The van der Waals surface area contributed by atoms with Crippen LogP contribution in [0, 0.1) is 10.1 Å². The zero-order valence-corrected chi connectivity index (χ0v) is 11.2. The normalized spacial score (nSPS) is 14.1. The third-order valence-electron chi connectivity index (χ3n) is 3.25. The molecule has 1 aliphatic rings. The van der Waals surface area contributed by atoms with Crippen molar-refractivity contribution in [2.75, 3.05) is 0 Å². The first-order valence-corrected chi connectivity index (χ1v) is 6.60. The van der Waals surface area contributed by atoms with Gasteiger partial charge in [0.2, 0.25) is 0 Å². The van der Waals surface area contributed by atoms with Gasteiger partial charge in [0.05, 0.1) is 4.92 Å². The van der Waals surface area contributed by atoms with Crippen molar-refractivity contribution in [2.45, 2.75) is 31.9 Å². The minimum Gasteiger partial charge on any atom is -0.483 e. The maximum atomic E-state index is 10.7. The Kier molecular flexibility index (Phi) is 3.53. The molecule has 2 N–H and O–H groups in total. The highest BCUT2D eigenvalue weighted by molar-refractivity contribution is 5.43. The summed E-state index contributed by atoms with van der Waals surface area (Å²) in [5.41, 5.74) is 6.13. The lowest BCUT2D eigenvalue weighted by molar-refractivity contribution is -0.384. The molecule has 0 unspecified atom stereocenters. The second-order valence-corrected chi connectivity index (χ2v) is 4.86. The molecule has 1 fully saturated rings. The fourth-order valence-corrected chi connectivity index (χ4v) is 1.95. The van der Waals surface area contributed by atoms with Crippen LogP contribution < -0.4 is 10.5 Å². The summed E-state index contributed by atoms with van der Waals surface area (Å²) in [6, 6.07) is 4.30. The number of nitrogens with zero attached hydrogens (tertiary/aromatic N) is 3. The monoisotopic (exact) mass is 290 g/mol. The fourth-order valence-electron chi connectivity index (χ4n) is 1.95. The van der Waals surface area contributed by atoms with Crippen molar-refractivity contribution < 1.29 is 14.2 Å². The van der Waals surface area contributed by atoms with Gasteiger partial charge in [-0.3, -0.25) is 10.1 Å². The Bertz CT molecular complexity index is 666. The van der Waals surface area contributed by atoms with Crippen LogP contribution in [0.25, 0.3) is 0 Å². The maximum Gasteiger partial charge on any atom is 0.270 e. The molecule has 1 heterocycles. The van der Waals surface area contributed by atoms with E-state index in [-0.39, 0.29) is 18.8 Å². The van der Waals surface area contributed by atoms with E-state index in [2.05, 4.69) is 10.1 Å². The quantitative estimate of drug-likeness (QED) is 0.637. The average Bonchev–Trinajstić information content (AvgIpc) is 3.24. The first-order valence-electron chi connectivity index (χ1n) is 6.60. The zero-order valence-electron chi connectivity index (χ0n) is 11.2. The summed E-state index contributed by atoms with van der Waals surface area (Å²) in [6.45, 7) is 0.263. The van der Waals surface area contributed by atoms with E-state index >= 15 is 0 Å². The molecular weight excluding hydrogens is 276 g/mol. The third-order valence-corrected chi connectivity index (χ3v) is 3.25. The molecule has 0 radical (unpaired) electrons. The van der Waals surface area contributed by atoms with Gasteiger partial charge in [-0.25, -0.2) is 0 Å². The molecule has 3 rings (SSSR count). The van der Waals surface area contributed by atoms with Crippen LogP contribution in [0.15, 0.2) is 22.7 Å². The van der Waals surface area contributed by atoms with Gasteiger partial charge in [0, 0.05) is 30.2 Å². The van der Waals surface area contributed by atoms with Gasteiger partial charge >= 0.3 is 0 Å². The molecule has 0 spiro atoms. The lowest BCUT2D eigenvalue weighted by Gasteiger charge is -2.08. The number of benzene rings is 1. The zero-order chi connectivity index (χ0) is 14.8. The molecule has 0 saturated heterocycles.